The SMILES string of the molecule is CCc1ccc(C(C)NCCc2ccc(F)cc2C)s1. The highest BCUT2D eigenvalue weighted by Gasteiger charge is 2.08. The topological polar surface area (TPSA) is 12.0 Å². The summed E-state index contributed by atoms with van der Waals surface area (Å²) in [5.74, 6) is -0.154. The fraction of sp³-hybridized carbons (Fsp3) is 0.412. The molecule has 1 aromatic carbocycles. The van der Waals surface area contributed by atoms with Crippen molar-refractivity contribution in [2.24, 2.45) is 0 Å². The van der Waals surface area contributed by atoms with Gasteiger partial charge in [0.25, 0.3) is 0 Å². The number of hydrogen-bond donors (Lipinski definition) is 1. The Hall–Kier alpha value is -1.19. The molecule has 0 bridgehead atoms. The van der Waals surface area contributed by atoms with Crippen LogP contribution in [0.1, 0.15) is 40.8 Å². The smallest absolute Gasteiger partial charge is 0.123 e. The molecule has 0 spiro atoms. The molecule has 1 atom stereocenters. The molecule has 1 N–H and O–H groups in total. The van der Waals surface area contributed by atoms with E-state index in [1.54, 1.807) is 12.1 Å². The van der Waals surface area contributed by atoms with Crippen LogP contribution in [0.25, 0.3) is 0 Å². The van der Waals surface area contributed by atoms with Crippen molar-refractivity contribution in [2.75, 3.05) is 6.54 Å². The molecule has 1 unspecified atom stereocenters. The maximum Gasteiger partial charge on any atom is 0.123 e. The Balaban J connectivity index is 1.86. The van der Waals surface area contributed by atoms with Gasteiger partial charge >= 0.3 is 0 Å². The normalized spacial score (nSPS) is 12.6. The molecule has 0 aliphatic rings. The lowest BCUT2D eigenvalue weighted by Crippen LogP contribution is -2.20. The largest absolute Gasteiger partial charge is 0.309 e. The second-order valence-electron chi connectivity index (χ2n) is 5.15. The highest BCUT2D eigenvalue weighted by molar-refractivity contribution is 7.12. The summed E-state index contributed by atoms with van der Waals surface area (Å²) in [6.07, 6.45) is 2.04. The number of rotatable bonds is 6. The molecule has 2 rings (SSSR count). The lowest BCUT2D eigenvalue weighted by molar-refractivity contribution is 0.582. The maximum absolute atomic E-state index is 13.0. The molecule has 20 heavy (non-hydrogen) atoms. The molecule has 0 fully saturated rings. The summed E-state index contributed by atoms with van der Waals surface area (Å²) in [4.78, 5) is 2.82. The molecule has 0 aliphatic heterocycles. The van der Waals surface area contributed by atoms with Gasteiger partial charge in [0.2, 0.25) is 0 Å². The fourth-order valence-electron chi connectivity index (χ4n) is 2.28. The third kappa shape index (κ3) is 3.90. The van der Waals surface area contributed by atoms with Crippen LogP contribution in [0.3, 0.4) is 0 Å². The number of aryl methyl sites for hydroxylation is 2. The van der Waals surface area contributed by atoms with E-state index in [4.69, 9.17) is 0 Å². The van der Waals surface area contributed by atoms with E-state index in [1.807, 2.05) is 24.3 Å². The van der Waals surface area contributed by atoms with Crippen molar-refractivity contribution >= 4 is 11.3 Å². The van der Waals surface area contributed by atoms with E-state index >= 15 is 0 Å². The minimum atomic E-state index is -0.154. The first kappa shape index (κ1) is 15.2. The van der Waals surface area contributed by atoms with E-state index in [-0.39, 0.29) is 5.82 Å². The lowest BCUT2D eigenvalue weighted by Gasteiger charge is -2.13. The van der Waals surface area contributed by atoms with Gasteiger partial charge in [0.15, 0.2) is 0 Å². The Labute approximate surface area is 124 Å². The molecule has 108 valence electrons. The number of hydrogen-bond acceptors (Lipinski definition) is 2. The maximum atomic E-state index is 13.0. The Morgan fingerprint density at radius 2 is 2.05 bits per heavy atom. The van der Waals surface area contributed by atoms with Crippen molar-refractivity contribution in [1.29, 1.82) is 0 Å². The molecule has 1 heterocycles. The Morgan fingerprint density at radius 1 is 1.25 bits per heavy atom. The summed E-state index contributed by atoms with van der Waals surface area (Å²) in [7, 11) is 0. The lowest BCUT2D eigenvalue weighted by atomic mass is 10.1. The van der Waals surface area contributed by atoms with Crippen LogP contribution in [0.5, 0.6) is 0 Å². The average molecular weight is 291 g/mol. The van der Waals surface area contributed by atoms with Gasteiger partial charge in [-0.15, -0.1) is 11.3 Å². The van der Waals surface area contributed by atoms with Crippen LogP contribution in [-0.4, -0.2) is 6.54 Å². The molecule has 0 saturated heterocycles. The molecular formula is C17H22FNS. The van der Waals surface area contributed by atoms with E-state index in [0.717, 1.165) is 24.9 Å². The van der Waals surface area contributed by atoms with E-state index < -0.39 is 0 Å². The second kappa shape index (κ2) is 7.00. The van der Waals surface area contributed by atoms with Gasteiger partial charge < -0.3 is 5.32 Å². The van der Waals surface area contributed by atoms with Crippen molar-refractivity contribution in [3.05, 3.63) is 57.0 Å². The summed E-state index contributed by atoms with van der Waals surface area (Å²) in [5.41, 5.74) is 2.25. The molecule has 1 aromatic heterocycles. The zero-order valence-corrected chi connectivity index (χ0v) is 13.2. The van der Waals surface area contributed by atoms with Gasteiger partial charge in [-0.25, -0.2) is 4.39 Å². The first-order valence-corrected chi connectivity index (χ1v) is 7.98. The van der Waals surface area contributed by atoms with Gasteiger partial charge in [0.05, 0.1) is 0 Å². The van der Waals surface area contributed by atoms with Crippen molar-refractivity contribution in [3.63, 3.8) is 0 Å². The van der Waals surface area contributed by atoms with Crippen LogP contribution in [0.15, 0.2) is 30.3 Å². The Kier molecular flexibility index (Phi) is 5.32. The van der Waals surface area contributed by atoms with E-state index in [0.29, 0.717) is 6.04 Å². The monoisotopic (exact) mass is 291 g/mol. The minimum Gasteiger partial charge on any atom is -0.309 e. The number of nitrogens with one attached hydrogen (secondary N) is 1. The van der Waals surface area contributed by atoms with Gasteiger partial charge in [0.1, 0.15) is 5.82 Å². The average Bonchev–Trinajstić information content (AvgIpc) is 2.90. The molecule has 0 amide bonds. The highest BCUT2D eigenvalue weighted by atomic mass is 32.1. The first-order valence-electron chi connectivity index (χ1n) is 7.17. The zero-order chi connectivity index (χ0) is 14.5. The number of benzene rings is 1. The van der Waals surface area contributed by atoms with Crippen LogP contribution >= 0.6 is 11.3 Å². The predicted molar refractivity (Wildman–Crippen MR) is 85.0 cm³/mol. The van der Waals surface area contributed by atoms with E-state index in [1.165, 1.54) is 15.3 Å². The summed E-state index contributed by atoms with van der Waals surface area (Å²) in [5, 5.41) is 3.54. The van der Waals surface area contributed by atoms with Crippen molar-refractivity contribution in [1.82, 2.24) is 5.32 Å². The zero-order valence-electron chi connectivity index (χ0n) is 12.4. The van der Waals surface area contributed by atoms with Crippen LogP contribution in [0.4, 0.5) is 4.39 Å². The number of halogens is 1. The Morgan fingerprint density at radius 3 is 2.70 bits per heavy atom. The number of thiophene rings is 1. The van der Waals surface area contributed by atoms with Crippen LogP contribution in [0, 0.1) is 12.7 Å². The summed E-state index contributed by atoms with van der Waals surface area (Å²) < 4.78 is 13.0. The molecule has 3 heteroatoms. The van der Waals surface area contributed by atoms with Crippen molar-refractivity contribution in [2.45, 2.75) is 39.7 Å². The summed E-state index contributed by atoms with van der Waals surface area (Å²) >= 11 is 1.88. The van der Waals surface area contributed by atoms with Gasteiger partial charge in [0, 0.05) is 15.8 Å². The van der Waals surface area contributed by atoms with Crippen LogP contribution in [0.2, 0.25) is 0 Å². The second-order valence-corrected chi connectivity index (χ2v) is 6.35. The fourth-order valence-corrected chi connectivity index (χ4v) is 3.26. The molecule has 0 radical (unpaired) electrons. The molecule has 0 aliphatic carbocycles. The predicted octanol–water partition coefficient (Wildman–Crippen LogP) is 4.65. The standard InChI is InChI=1S/C17H22FNS/c1-4-16-7-8-17(20-16)13(3)19-10-9-14-5-6-15(18)11-12(14)2/h5-8,11,13,19H,4,9-10H2,1-3H3. The van der Waals surface area contributed by atoms with Gasteiger partial charge in [-0.3, -0.25) is 0 Å². The molecular weight excluding hydrogens is 269 g/mol. The van der Waals surface area contributed by atoms with Gasteiger partial charge in [-0.2, -0.15) is 0 Å². The summed E-state index contributed by atoms with van der Waals surface area (Å²) in [6, 6.07) is 9.83. The van der Waals surface area contributed by atoms with Gasteiger partial charge in [-0.05, 0) is 68.6 Å². The van der Waals surface area contributed by atoms with Gasteiger partial charge in [-0.1, -0.05) is 13.0 Å². The van der Waals surface area contributed by atoms with E-state index in [2.05, 4.69) is 31.3 Å². The van der Waals surface area contributed by atoms with Crippen molar-refractivity contribution in [3.8, 4) is 0 Å². The van der Waals surface area contributed by atoms with Crippen LogP contribution in [-0.2, 0) is 12.8 Å². The first-order chi connectivity index (χ1) is 9.60. The molecule has 1 nitrogen and oxygen atoms in total. The third-order valence-electron chi connectivity index (χ3n) is 3.61. The highest BCUT2D eigenvalue weighted by Crippen LogP contribution is 2.23. The third-order valence-corrected chi connectivity index (χ3v) is 5.02. The quantitative estimate of drug-likeness (QED) is 0.817. The minimum absolute atomic E-state index is 0.154. The van der Waals surface area contributed by atoms with Crippen molar-refractivity contribution < 1.29 is 4.39 Å². The molecule has 2 aromatic rings. The Bertz CT molecular complexity index is 562. The summed E-state index contributed by atoms with van der Waals surface area (Å²) in [6.45, 7) is 7.26. The van der Waals surface area contributed by atoms with E-state index in [9.17, 15) is 4.39 Å². The van der Waals surface area contributed by atoms with Crippen LogP contribution < -0.4 is 5.32 Å². The molecule has 0 saturated carbocycles.